The maximum absolute atomic E-state index is 13.5. The number of carbonyl (C=O) groups is 1. The van der Waals surface area contributed by atoms with E-state index in [9.17, 15) is 20.1 Å². The monoisotopic (exact) mass is 714 g/mol. The molecule has 0 aliphatic carbocycles. The quantitative estimate of drug-likeness (QED) is 0.0562. The molecule has 3 atom stereocenters. The van der Waals surface area contributed by atoms with Gasteiger partial charge in [0, 0.05) is 5.41 Å². The summed E-state index contributed by atoms with van der Waals surface area (Å²) in [6, 6.07) is 24.6. The molecule has 3 aromatic rings. The summed E-state index contributed by atoms with van der Waals surface area (Å²) >= 11 is 0. The van der Waals surface area contributed by atoms with Gasteiger partial charge in [0.25, 0.3) is 0 Å². The van der Waals surface area contributed by atoms with Gasteiger partial charge in [-0.1, -0.05) is 151 Å². The molecule has 0 aromatic heterocycles. The second kappa shape index (κ2) is 24.3. The van der Waals surface area contributed by atoms with Crippen molar-refractivity contribution in [1.29, 1.82) is 0 Å². The third-order valence-electron chi connectivity index (χ3n) is 11.2. The van der Waals surface area contributed by atoms with Crippen molar-refractivity contribution < 1.29 is 20.1 Å². The summed E-state index contributed by atoms with van der Waals surface area (Å²) in [5.41, 5.74) is 11.5. The molecule has 0 saturated carbocycles. The highest BCUT2D eigenvalue weighted by Crippen LogP contribution is 2.41. The topological polar surface area (TPSA) is 104 Å². The van der Waals surface area contributed by atoms with E-state index in [-0.39, 0.29) is 0 Å². The lowest BCUT2D eigenvalue weighted by atomic mass is 9.72. The van der Waals surface area contributed by atoms with Crippen molar-refractivity contribution in [3.63, 3.8) is 0 Å². The number of unbranched alkanes of at least 4 members (excludes halogenated alkanes) is 9. The number of carbonyl (C=O) groups excluding carboxylic acids is 1. The number of aryl methyl sites for hydroxylation is 3. The molecule has 288 valence electrons. The molecule has 0 spiro atoms. The Labute approximate surface area is 316 Å². The Hall–Kier alpha value is -2.99. The number of aliphatic hydroxyl groups excluding tert-OH is 3. The average molecular weight is 714 g/mol. The van der Waals surface area contributed by atoms with E-state index in [1.807, 2.05) is 36.4 Å². The zero-order valence-electron chi connectivity index (χ0n) is 32.8. The molecule has 5 heteroatoms. The molecule has 5 nitrogen and oxygen atoms in total. The molecule has 1 amide bonds. The van der Waals surface area contributed by atoms with Gasteiger partial charge >= 0.3 is 0 Å². The van der Waals surface area contributed by atoms with Gasteiger partial charge < -0.3 is 21.1 Å². The minimum Gasteiger partial charge on any atom is -0.388 e. The van der Waals surface area contributed by atoms with Crippen molar-refractivity contribution in [2.75, 3.05) is 0 Å². The fourth-order valence-corrected chi connectivity index (χ4v) is 7.62. The minimum atomic E-state index is -0.990. The summed E-state index contributed by atoms with van der Waals surface area (Å²) in [6.45, 7) is 6.64. The van der Waals surface area contributed by atoms with Crippen LogP contribution in [0.25, 0.3) is 0 Å². The van der Waals surface area contributed by atoms with Crippen LogP contribution in [0.1, 0.15) is 188 Å². The summed E-state index contributed by atoms with van der Waals surface area (Å²) < 4.78 is 0. The average Bonchev–Trinajstić information content (AvgIpc) is 3.16. The fourth-order valence-electron chi connectivity index (χ4n) is 7.62. The first-order chi connectivity index (χ1) is 25.2. The highest BCUT2D eigenvalue weighted by Gasteiger charge is 2.38. The lowest BCUT2D eigenvalue weighted by molar-refractivity contribution is -0.130. The van der Waals surface area contributed by atoms with Crippen LogP contribution in [0, 0.1) is 5.41 Å². The van der Waals surface area contributed by atoms with Crippen molar-refractivity contribution in [2.45, 2.75) is 174 Å². The van der Waals surface area contributed by atoms with Crippen LogP contribution in [0.15, 0.2) is 72.8 Å². The standard InChI is InChI=1S/C47H71NO4/c1-4-7-10-13-19-37-22-16-25-40(34-37)43(49)28-31-47(46(48)52,32-29-44(50)41-26-17-23-38(35-41)20-14-11-8-5-2)33-30-45(51)42-27-18-24-39(36-42)21-15-12-9-6-3/h16-18,22-27,34-36,43-45,49-51H,4-15,19-21,28-33H2,1-3H3,(H2,48,52). The van der Waals surface area contributed by atoms with E-state index in [1.54, 1.807) is 0 Å². The van der Waals surface area contributed by atoms with Gasteiger partial charge in [0.05, 0.1) is 18.3 Å². The predicted molar refractivity (Wildman–Crippen MR) is 217 cm³/mol. The molecule has 52 heavy (non-hydrogen) atoms. The lowest BCUT2D eigenvalue weighted by Crippen LogP contribution is -2.38. The third kappa shape index (κ3) is 15.2. The number of nitrogens with two attached hydrogens (primary N) is 1. The van der Waals surface area contributed by atoms with Gasteiger partial charge in [0.15, 0.2) is 0 Å². The maximum Gasteiger partial charge on any atom is 0.223 e. The first-order valence-electron chi connectivity index (χ1n) is 20.8. The predicted octanol–water partition coefficient (Wildman–Crippen LogP) is 11.4. The number of aliphatic hydroxyl groups is 3. The highest BCUT2D eigenvalue weighted by molar-refractivity contribution is 5.80. The summed E-state index contributed by atoms with van der Waals surface area (Å²) in [4.78, 5) is 13.5. The summed E-state index contributed by atoms with van der Waals surface area (Å²) in [5.74, 6) is -0.432. The second-order valence-electron chi connectivity index (χ2n) is 15.5. The van der Waals surface area contributed by atoms with Crippen molar-refractivity contribution in [1.82, 2.24) is 0 Å². The van der Waals surface area contributed by atoms with Crippen molar-refractivity contribution >= 4 is 5.91 Å². The smallest absolute Gasteiger partial charge is 0.223 e. The Bertz CT molecular complexity index is 1260. The van der Waals surface area contributed by atoms with Crippen LogP contribution in [-0.4, -0.2) is 21.2 Å². The molecule has 0 fully saturated rings. The minimum absolute atomic E-state index is 0.370. The van der Waals surface area contributed by atoms with Crippen molar-refractivity contribution in [3.8, 4) is 0 Å². The molecular formula is C47H71NO4. The highest BCUT2D eigenvalue weighted by atomic mass is 16.3. The van der Waals surface area contributed by atoms with E-state index in [0.717, 1.165) is 55.2 Å². The van der Waals surface area contributed by atoms with Crippen LogP contribution < -0.4 is 5.73 Å². The molecule has 0 heterocycles. The molecule has 0 radical (unpaired) electrons. The van der Waals surface area contributed by atoms with E-state index in [2.05, 4.69) is 57.2 Å². The first-order valence-corrected chi connectivity index (χ1v) is 20.8. The maximum atomic E-state index is 13.5. The Morgan fingerprint density at radius 1 is 0.519 bits per heavy atom. The molecular weight excluding hydrogens is 643 g/mol. The van der Waals surface area contributed by atoms with Gasteiger partial charge in [0.2, 0.25) is 5.91 Å². The molecule has 0 bridgehead atoms. The Kier molecular flexibility index (Phi) is 20.3. The summed E-state index contributed by atoms with van der Waals surface area (Å²) in [5, 5.41) is 34.3. The number of amides is 1. The lowest BCUT2D eigenvalue weighted by Gasteiger charge is -2.33. The van der Waals surface area contributed by atoms with Crippen LogP contribution >= 0.6 is 0 Å². The Balaban J connectivity index is 1.76. The van der Waals surface area contributed by atoms with Crippen LogP contribution in [0.5, 0.6) is 0 Å². The van der Waals surface area contributed by atoms with Gasteiger partial charge in [-0.3, -0.25) is 4.79 Å². The number of primary amides is 1. The zero-order chi connectivity index (χ0) is 37.6. The van der Waals surface area contributed by atoms with E-state index >= 15 is 0 Å². The number of hydrogen-bond acceptors (Lipinski definition) is 4. The first kappa shape index (κ1) is 43.4. The fraction of sp³-hybridized carbons (Fsp3) is 0.596. The van der Waals surface area contributed by atoms with Crippen molar-refractivity contribution in [3.05, 3.63) is 106 Å². The molecule has 3 unspecified atom stereocenters. The molecule has 3 rings (SSSR count). The summed E-state index contributed by atoms with van der Waals surface area (Å²) in [7, 11) is 0. The van der Waals surface area contributed by atoms with Crippen LogP contribution in [0.4, 0.5) is 0 Å². The van der Waals surface area contributed by atoms with Gasteiger partial charge in [-0.2, -0.15) is 0 Å². The van der Waals surface area contributed by atoms with Crippen LogP contribution in [0.2, 0.25) is 0 Å². The number of rotatable bonds is 28. The summed E-state index contributed by atoms with van der Waals surface area (Å²) in [6.07, 6.45) is 17.3. The molecule has 0 aliphatic heterocycles. The third-order valence-corrected chi connectivity index (χ3v) is 11.2. The van der Waals surface area contributed by atoms with E-state index in [0.29, 0.717) is 38.5 Å². The molecule has 5 N–H and O–H groups in total. The molecule has 0 saturated heterocycles. The SMILES string of the molecule is CCCCCCc1cccc(C(O)CCC(CCC(O)c2cccc(CCCCCC)c2)(CCC(O)c2cccc(CCCCCC)c2)C(N)=O)c1. The number of hydrogen-bond donors (Lipinski definition) is 4. The normalized spacial score (nSPS) is 14.5. The van der Waals surface area contributed by atoms with Crippen LogP contribution in [-0.2, 0) is 24.1 Å². The van der Waals surface area contributed by atoms with Crippen molar-refractivity contribution in [2.24, 2.45) is 11.1 Å². The van der Waals surface area contributed by atoms with Gasteiger partial charge in [-0.15, -0.1) is 0 Å². The largest absolute Gasteiger partial charge is 0.388 e. The van der Waals surface area contributed by atoms with E-state index < -0.39 is 29.6 Å². The molecule has 0 aliphatic rings. The number of benzene rings is 3. The zero-order valence-corrected chi connectivity index (χ0v) is 32.8. The second-order valence-corrected chi connectivity index (χ2v) is 15.5. The Morgan fingerprint density at radius 3 is 1.10 bits per heavy atom. The van der Waals surface area contributed by atoms with E-state index in [1.165, 1.54) is 74.5 Å². The van der Waals surface area contributed by atoms with Crippen LogP contribution in [0.3, 0.4) is 0 Å². The van der Waals surface area contributed by atoms with Gasteiger partial charge in [0.1, 0.15) is 0 Å². The molecule has 3 aromatic carbocycles. The van der Waals surface area contributed by atoms with Gasteiger partial charge in [-0.05, 0) is 110 Å². The van der Waals surface area contributed by atoms with E-state index in [4.69, 9.17) is 5.73 Å². The van der Waals surface area contributed by atoms with Gasteiger partial charge in [-0.25, -0.2) is 0 Å². The Morgan fingerprint density at radius 2 is 0.827 bits per heavy atom.